The quantitative estimate of drug-likeness (QED) is 0.463. The highest BCUT2D eigenvalue weighted by Crippen LogP contribution is 2.04. The van der Waals surface area contributed by atoms with E-state index in [1.807, 2.05) is 19.1 Å². The van der Waals surface area contributed by atoms with Crippen LogP contribution in [0.1, 0.15) is 22.8 Å². The van der Waals surface area contributed by atoms with E-state index in [4.69, 9.17) is 5.73 Å². The lowest BCUT2D eigenvalue weighted by molar-refractivity contribution is 0.0515. The van der Waals surface area contributed by atoms with E-state index in [0.717, 1.165) is 5.56 Å². The predicted molar refractivity (Wildman–Crippen MR) is 58.8 cm³/mol. The Morgan fingerprint density at radius 1 is 1.40 bits per heavy atom. The van der Waals surface area contributed by atoms with Crippen molar-refractivity contribution >= 4 is 11.7 Å². The van der Waals surface area contributed by atoms with Crippen molar-refractivity contribution in [1.29, 1.82) is 0 Å². The van der Waals surface area contributed by atoms with E-state index < -0.39 is 5.97 Å². The summed E-state index contributed by atoms with van der Waals surface area (Å²) in [4.78, 5) is 16.1. The molecule has 0 atom stereocenters. The molecule has 0 saturated carbocycles. The molecule has 0 aliphatic carbocycles. The number of hydrogen-bond donors (Lipinski definition) is 1. The standard InChI is InChI=1S/C11H14N2O2/c1-8-3-5-10(6-4-8)11(14)15-13-9(2)7-12/h3-6H,7,12H2,1-2H3. The highest BCUT2D eigenvalue weighted by Gasteiger charge is 2.05. The number of nitrogens with zero attached hydrogens (tertiary/aromatic N) is 1. The summed E-state index contributed by atoms with van der Waals surface area (Å²) in [5.74, 6) is -0.470. The minimum absolute atomic E-state index is 0.279. The fraction of sp³-hybridized carbons (Fsp3) is 0.273. The first-order valence-electron chi connectivity index (χ1n) is 4.65. The van der Waals surface area contributed by atoms with Crippen molar-refractivity contribution in [1.82, 2.24) is 0 Å². The fourth-order valence-electron chi connectivity index (χ4n) is 0.899. The zero-order valence-electron chi connectivity index (χ0n) is 8.86. The first kappa shape index (κ1) is 11.4. The van der Waals surface area contributed by atoms with E-state index in [-0.39, 0.29) is 6.54 Å². The molecule has 0 saturated heterocycles. The first-order valence-corrected chi connectivity index (χ1v) is 4.65. The number of aryl methyl sites for hydroxylation is 1. The summed E-state index contributed by atoms with van der Waals surface area (Å²) in [5, 5.41) is 3.58. The number of hydrogen-bond acceptors (Lipinski definition) is 4. The number of rotatable bonds is 3. The number of carbonyl (C=O) groups is 1. The maximum atomic E-state index is 11.4. The van der Waals surface area contributed by atoms with Crippen molar-refractivity contribution in [2.45, 2.75) is 13.8 Å². The van der Waals surface area contributed by atoms with Crippen LogP contribution in [0.4, 0.5) is 0 Å². The van der Waals surface area contributed by atoms with Crippen LogP contribution in [-0.4, -0.2) is 18.2 Å². The van der Waals surface area contributed by atoms with E-state index in [1.165, 1.54) is 0 Å². The van der Waals surface area contributed by atoms with Crippen molar-refractivity contribution in [3.8, 4) is 0 Å². The van der Waals surface area contributed by atoms with Gasteiger partial charge in [0.2, 0.25) is 0 Å². The van der Waals surface area contributed by atoms with Crippen LogP contribution in [-0.2, 0) is 4.84 Å². The Morgan fingerprint density at radius 2 is 2.00 bits per heavy atom. The van der Waals surface area contributed by atoms with Crippen LogP contribution in [0.2, 0.25) is 0 Å². The Balaban J connectivity index is 2.66. The fourth-order valence-corrected chi connectivity index (χ4v) is 0.899. The average molecular weight is 206 g/mol. The largest absolute Gasteiger partial charge is 0.365 e. The Morgan fingerprint density at radius 3 is 2.53 bits per heavy atom. The Labute approximate surface area is 88.7 Å². The van der Waals surface area contributed by atoms with Crippen LogP contribution in [0.15, 0.2) is 29.4 Å². The van der Waals surface area contributed by atoms with Gasteiger partial charge in [0.25, 0.3) is 0 Å². The monoisotopic (exact) mass is 206 g/mol. The minimum Gasteiger partial charge on any atom is -0.325 e. The van der Waals surface area contributed by atoms with E-state index in [2.05, 4.69) is 9.99 Å². The molecule has 0 spiro atoms. The van der Waals surface area contributed by atoms with Crippen molar-refractivity contribution in [3.63, 3.8) is 0 Å². The summed E-state index contributed by atoms with van der Waals surface area (Å²) in [6, 6.07) is 7.09. The third kappa shape index (κ3) is 3.52. The van der Waals surface area contributed by atoms with Crippen LogP contribution in [0.5, 0.6) is 0 Å². The Hall–Kier alpha value is -1.68. The highest BCUT2D eigenvalue weighted by molar-refractivity contribution is 5.90. The Kier molecular flexibility index (Phi) is 4.00. The molecule has 1 aromatic carbocycles. The predicted octanol–water partition coefficient (Wildman–Crippen LogP) is 1.49. The van der Waals surface area contributed by atoms with Gasteiger partial charge in [-0.05, 0) is 26.0 Å². The van der Waals surface area contributed by atoms with Gasteiger partial charge in [-0.15, -0.1) is 0 Å². The van der Waals surface area contributed by atoms with Crippen molar-refractivity contribution in [3.05, 3.63) is 35.4 Å². The molecule has 1 rings (SSSR count). The van der Waals surface area contributed by atoms with Gasteiger partial charge >= 0.3 is 5.97 Å². The number of oxime groups is 1. The van der Waals surface area contributed by atoms with Gasteiger partial charge in [0, 0.05) is 6.54 Å². The van der Waals surface area contributed by atoms with Crippen molar-refractivity contribution < 1.29 is 9.63 Å². The van der Waals surface area contributed by atoms with Gasteiger partial charge in [-0.3, -0.25) is 0 Å². The van der Waals surface area contributed by atoms with E-state index >= 15 is 0 Å². The number of benzene rings is 1. The van der Waals surface area contributed by atoms with Crippen LogP contribution in [0, 0.1) is 6.92 Å². The molecule has 1 aromatic rings. The number of nitrogens with two attached hydrogens (primary N) is 1. The summed E-state index contributed by atoms with van der Waals surface area (Å²) in [6.45, 7) is 3.93. The molecule has 0 aromatic heterocycles. The van der Waals surface area contributed by atoms with E-state index in [0.29, 0.717) is 11.3 Å². The van der Waals surface area contributed by atoms with Gasteiger partial charge in [-0.25, -0.2) is 4.79 Å². The lowest BCUT2D eigenvalue weighted by Gasteiger charge is -1.99. The van der Waals surface area contributed by atoms with Crippen molar-refractivity contribution in [2.24, 2.45) is 10.9 Å². The van der Waals surface area contributed by atoms with Gasteiger partial charge in [0.05, 0.1) is 11.3 Å². The molecule has 0 radical (unpaired) electrons. The second-order valence-corrected chi connectivity index (χ2v) is 3.28. The van der Waals surface area contributed by atoms with Crippen LogP contribution < -0.4 is 5.73 Å². The third-order valence-electron chi connectivity index (χ3n) is 1.87. The molecule has 4 heteroatoms. The van der Waals surface area contributed by atoms with E-state index in [1.54, 1.807) is 19.1 Å². The van der Waals surface area contributed by atoms with Crippen LogP contribution in [0.25, 0.3) is 0 Å². The first-order chi connectivity index (χ1) is 7.13. The zero-order valence-corrected chi connectivity index (χ0v) is 8.86. The summed E-state index contributed by atoms with van der Waals surface area (Å²) in [6.07, 6.45) is 0. The maximum absolute atomic E-state index is 11.4. The van der Waals surface area contributed by atoms with Gasteiger partial charge in [-0.1, -0.05) is 22.9 Å². The highest BCUT2D eigenvalue weighted by atomic mass is 16.7. The third-order valence-corrected chi connectivity index (χ3v) is 1.87. The minimum atomic E-state index is -0.470. The lowest BCUT2D eigenvalue weighted by atomic mass is 10.2. The molecule has 0 bridgehead atoms. The molecule has 15 heavy (non-hydrogen) atoms. The van der Waals surface area contributed by atoms with Gasteiger partial charge < -0.3 is 10.6 Å². The molecule has 0 fully saturated rings. The Bertz CT molecular complexity index is 369. The van der Waals surface area contributed by atoms with E-state index in [9.17, 15) is 4.79 Å². The molecule has 0 unspecified atom stereocenters. The lowest BCUT2D eigenvalue weighted by Crippen LogP contribution is -2.11. The molecular weight excluding hydrogens is 192 g/mol. The summed E-state index contributed by atoms with van der Waals surface area (Å²) in [5.41, 5.74) is 7.45. The van der Waals surface area contributed by atoms with Crippen LogP contribution >= 0.6 is 0 Å². The summed E-state index contributed by atoms with van der Waals surface area (Å²) < 4.78 is 0. The van der Waals surface area contributed by atoms with Gasteiger partial charge in [0.1, 0.15) is 0 Å². The molecule has 0 heterocycles. The zero-order chi connectivity index (χ0) is 11.3. The van der Waals surface area contributed by atoms with Crippen molar-refractivity contribution in [2.75, 3.05) is 6.54 Å². The summed E-state index contributed by atoms with van der Waals surface area (Å²) >= 11 is 0. The molecule has 0 amide bonds. The topological polar surface area (TPSA) is 64.7 Å². The second kappa shape index (κ2) is 5.26. The normalized spacial score (nSPS) is 11.3. The molecule has 4 nitrogen and oxygen atoms in total. The SMILES string of the molecule is CC(CN)=NOC(=O)c1ccc(C)cc1. The van der Waals surface area contributed by atoms with Gasteiger partial charge in [-0.2, -0.15) is 0 Å². The number of carbonyl (C=O) groups excluding carboxylic acids is 1. The molecule has 2 N–H and O–H groups in total. The summed E-state index contributed by atoms with van der Waals surface area (Å²) in [7, 11) is 0. The van der Waals surface area contributed by atoms with Crippen LogP contribution in [0.3, 0.4) is 0 Å². The molecule has 0 aliphatic rings. The smallest absolute Gasteiger partial charge is 0.325 e. The molecular formula is C11H14N2O2. The second-order valence-electron chi connectivity index (χ2n) is 3.28. The average Bonchev–Trinajstić information content (AvgIpc) is 2.26. The molecule has 0 aliphatic heterocycles. The maximum Gasteiger partial charge on any atom is 0.365 e. The van der Waals surface area contributed by atoms with Gasteiger partial charge in [0.15, 0.2) is 0 Å². The molecule has 80 valence electrons.